The molecule has 1 heterocycles. The lowest BCUT2D eigenvalue weighted by Gasteiger charge is -2.15. The molecule has 0 radical (unpaired) electrons. The van der Waals surface area contributed by atoms with Crippen LogP contribution in [0.15, 0.2) is 6.07 Å². The van der Waals surface area contributed by atoms with Gasteiger partial charge in [0.25, 0.3) is 0 Å². The van der Waals surface area contributed by atoms with Crippen LogP contribution in [-0.2, 0) is 4.79 Å². The molecule has 98 valence electrons. The number of fused-ring (bicyclic) bond motifs is 1. The molecule has 0 spiro atoms. The van der Waals surface area contributed by atoms with E-state index in [1.54, 1.807) is 0 Å². The van der Waals surface area contributed by atoms with E-state index in [1.807, 2.05) is 0 Å². The Morgan fingerprint density at radius 2 is 2.00 bits per heavy atom. The molecular weight excluding hydrogens is 244 g/mol. The van der Waals surface area contributed by atoms with Gasteiger partial charge in [0, 0.05) is 5.56 Å². The number of rotatable bonds is 4. The number of hydrogen-bond acceptors (Lipinski definition) is 6. The van der Waals surface area contributed by atoms with E-state index in [1.165, 1.54) is 20.3 Å². The van der Waals surface area contributed by atoms with Crippen LogP contribution in [0.5, 0.6) is 23.0 Å². The van der Waals surface area contributed by atoms with E-state index in [9.17, 15) is 9.90 Å². The Bertz CT molecular complexity index is 483. The van der Waals surface area contributed by atoms with Crippen LogP contribution in [0, 0.1) is 0 Å². The summed E-state index contributed by atoms with van der Waals surface area (Å²) in [6.45, 7) is -0.0192. The van der Waals surface area contributed by atoms with Gasteiger partial charge in [0.1, 0.15) is 0 Å². The monoisotopic (exact) mass is 256 g/mol. The average molecular weight is 256 g/mol. The van der Waals surface area contributed by atoms with Gasteiger partial charge in [-0.2, -0.15) is 0 Å². The second-order valence-electron chi connectivity index (χ2n) is 3.51. The van der Waals surface area contributed by atoms with Gasteiger partial charge < -0.3 is 29.2 Å². The zero-order valence-electron chi connectivity index (χ0n) is 9.80. The van der Waals surface area contributed by atoms with Crippen molar-refractivity contribution in [1.29, 1.82) is 0 Å². The predicted molar refractivity (Wildman–Crippen MR) is 58.3 cm³/mol. The number of methoxy groups -OCH3 is 2. The molecule has 0 aromatic heterocycles. The molecule has 0 bridgehead atoms. The van der Waals surface area contributed by atoms with Crippen molar-refractivity contribution in [2.24, 2.45) is 0 Å². The van der Waals surface area contributed by atoms with Crippen LogP contribution in [0.3, 0.4) is 0 Å². The summed E-state index contributed by atoms with van der Waals surface area (Å²) in [5.74, 6) is -0.436. The first-order valence-corrected chi connectivity index (χ1v) is 5.05. The van der Waals surface area contributed by atoms with Crippen LogP contribution in [0.25, 0.3) is 0 Å². The molecule has 0 fully saturated rings. The summed E-state index contributed by atoms with van der Waals surface area (Å²) in [6.07, 6.45) is -1.73. The Hall–Kier alpha value is -2.15. The molecule has 1 aliphatic heterocycles. The Morgan fingerprint density at radius 1 is 1.33 bits per heavy atom. The molecule has 7 nitrogen and oxygen atoms in total. The fourth-order valence-electron chi connectivity index (χ4n) is 1.73. The number of aliphatic carboxylic acids is 1. The lowest BCUT2D eigenvalue weighted by atomic mass is 10.1. The Balaban J connectivity index is 2.62. The molecule has 0 aliphatic carbocycles. The summed E-state index contributed by atoms with van der Waals surface area (Å²) in [4.78, 5) is 10.8. The van der Waals surface area contributed by atoms with Gasteiger partial charge in [-0.25, -0.2) is 4.79 Å². The van der Waals surface area contributed by atoms with Crippen molar-refractivity contribution in [2.45, 2.75) is 6.10 Å². The smallest absolute Gasteiger partial charge is 0.337 e. The highest BCUT2D eigenvalue weighted by Crippen LogP contribution is 2.50. The van der Waals surface area contributed by atoms with Crippen LogP contribution in [0.1, 0.15) is 11.7 Å². The Kier molecular flexibility index (Phi) is 3.15. The lowest BCUT2D eigenvalue weighted by molar-refractivity contribution is -0.147. The number of hydrogen-bond donors (Lipinski definition) is 2. The van der Waals surface area contributed by atoms with Gasteiger partial charge in [-0.1, -0.05) is 0 Å². The van der Waals surface area contributed by atoms with Crippen molar-refractivity contribution in [3.63, 3.8) is 0 Å². The summed E-state index contributed by atoms with van der Waals surface area (Å²) in [5.41, 5.74) is 0.0473. The maximum Gasteiger partial charge on any atom is 0.337 e. The summed E-state index contributed by atoms with van der Waals surface area (Å²) < 4.78 is 20.5. The van der Waals surface area contributed by atoms with E-state index in [0.717, 1.165) is 0 Å². The second kappa shape index (κ2) is 4.61. The number of benzene rings is 1. The van der Waals surface area contributed by atoms with Crippen molar-refractivity contribution in [2.75, 3.05) is 21.0 Å². The fraction of sp³-hybridized carbons (Fsp3) is 0.364. The zero-order valence-corrected chi connectivity index (χ0v) is 9.80. The number of carboxylic acids is 1. The van der Waals surface area contributed by atoms with Crippen LogP contribution in [-0.4, -0.2) is 37.2 Å². The second-order valence-corrected chi connectivity index (χ2v) is 3.51. The quantitative estimate of drug-likeness (QED) is 0.812. The minimum absolute atomic E-state index is 0.0192. The fourth-order valence-corrected chi connectivity index (χ4v) is 1.73. The maximum absolute atomic E-state index is 10.8. The third kappa shape index (κ3) is 1.78. The first kappa shape index (κ1) is 12.3. The highest BCUT2D eigenvalue weighted by molar-refractivity contribution is 5.78. The molecule has 1 aromatic rings. The lowest BCUT2D eigenvalue weighted by Crippen LogP contribution is -2.12. The molecule has 2 rings (SSSR count). The maximum atomic E-state index is 10.8. The number of ether oxygens (including phenoxy) is 4. The molecule has 1 atom stereocenters. The molecule has 18 heavy (non-hydrogen) atoms. The third-order valence-electron chi connectivity index (χ3n) is 2.54. The van der Waals surface area contributed by atoms with Crippen LogP contribution in [0.4, 0.5) is 0 Å². The summed E-state index contributed by atoms with van der Waals surface area (Å²) in [7, 11) is 2.75. The van der Waals surface area contributed by atoms with E-state index < -0.39 is 12.1 Å². The first-order chi connectivity index (χ1) is 8.60. The number of aliphatic hydroxyl groups is 1. The first-order valence-electron chi connectivity index (χ1n) is 5.05. The van der Waals surface area contributed by atoms with Gasteiger partial charge in [0.15, 0.2) is 17.6 Å². The van der Waals surface area contributed by atoms with E-state index >= 15 is 0 Å². The van der Waals surface area contributed by atoms with Crippen molar-refractivity contribution in [3.8, 4) is 23.0 Å². The largest absolute Gasteiger partial charge is 0.493 e. The van der Waals surface area contributed by atoms with Gasteiger partial charge in [0.2, 0.25) is 18.3 Å². The Labute approximate surface area is 102 Å². The molecule has 2 N–H and O–H groups in total. The average Bonchev–Trinajstić information content (AvgIpc) is 2.84. The summed E-state index contributed by atoms with van der Waals surface area (Å²) >= 11 is 0. The minimum atomic E-state index is -1.73. The van der Waals surface area contributed by atoms with Crippen molar-refractivity contribution < 1.29 is 34.0 Å². The van der Waals surface area contributed by atoms with E-state index in [2.05, 4.69) is 0 Å². The highest BCUT2D eigenvalue weighted by atomic mass is 16.7. The zero-order chi connectivity index (χ0) is 13.3. The molecule has 1 aromatic carbocycles. The molecule has 0 amide bonds. The van der Waals surface area contributed by atoms with Gasteiger partial charge >= 0.3 is 5.97 Å². The van der Waals surface area contributed by atoms with Crippen molar-refractivity contribution >= 4 is 5.97 Å². The standard InChI is InChI=1S/C11H12O7/c1-15-6-3-5(7(12)11(13)14)8(16-2)10-9(6)17-4-18-10/h3,7,12H,4H2,1-2H3,(H,13,14)/t7-/m1/s1. The topological polar surface area (TPSA) is 94.5 Å². The van der Waals surface area contributed by atoms with Crippen LogP contribution < -0.4 is 18.9 Å². The van der Waals surface area contributed by atoms with Crippen LogP contribution >= 0.6 is 0 Å². The predicted octanol–water partition coefficient (Wildman–Crippen LogP) is 0.550. The molecule has 0 saturated heterocycles. The normalized spacial score (nSPS) is 14.2. The van der Waals surface area contributed by atoms with Crippen LogP contribution in [0.2, 0.25) is 0 Å². The number of carbonyl (C=O) groups is 1. The van der Waals surface area contributed by atoms with Gasteiger partial charge in [-0.3, -0.25) is 0 Å². The van der Waals surface area contributed by atoms with Gasteiger partial charge in [-0.05, 0) is 6.07 Å². The summed E-state index contributed by atoms with van der Waals surface area (Å²) in [6, 6.07) is 1.35. The van der Waals surface area contributed by atoms with E-state index in [-0.39, 0.29) is 29.6 Å². The van der Waals surface area contributed by atoms with Crippen molar-refractivity contribution in [1.82, 2.24) is 0 Å². The summed E-state index contributed by atoms with van der Waals surface area (Å²) in [5, 5.41) is 18.5. The van der Waals surface area contributed by atoms with Gasteiger partial charge in [-0.15, -0.1) is 0 Å². The molecule has 1 aliphatic rings. The third-order valence-corrected chi connectivity index (χ3v) is 2.54. The van der Waals surface area contributed by atoms with Crippen molar-refractivity contribution in [3.05, 3.63) is 11.6 Å². The van der Waals surface area contributed by atoms with E-state index in [4.69, 9.17) is 24.1 Å². The number of aliphatic hydroxyl groups excluding tert-OH is 1. The number of carboxylic acid groups (broad SMARTS) is 1. The minimum Gasteiger partial charge on any atom is -0.493 e. The molecule has 0 saturated carbocycles. The Morgan fingerprint density at radius 3 is 2.56 bits per heavy atom. The molecular formula is C11H12O7. The van der Waals surface area contributed by atoms with E-state index in [0.29, 0.717) is 5.75 Å². The molecule has 0 unspecified atom stereocenters. The van der Waals surface area contributed by atoms with Gasteiger partial charge in [0.05, 0.1) is 14.2 Å². The SMILES string of the molecule is COc1cc([C@@H](O)C(=O)O)c(OC)c2c1OCO2. The molecule has 7 heteroatoms. The highest BCUT2D eigenvalue weighted by Gasteiger charge is 2.31.